The summed E-state index contributed by atoms with van der Waals surface area (Å²) in [4.78, 5) is 16.5. The van der Waals surface area contributed by atoms with Crippen molar-refractivity contribution in [1.29, 1.82) is 0 Å². The number of carbonyl (C=O) groups excluding carboxylic acids is 1. The summed E-state index contributed by atoms with van der Waals surface area (Å²) >= 11 is 0. The number of hydrogen-bond donors (Lipinski definition) is 1. The van der Waals surface area contributed by atoms with E-state index in [0.717, 1.165) is 26.1 Å². The summed E-state index contributed by atoms with van der Waals surface area (Å²) in [5, 5.41) is 0. The molecular formula is C12H23N3O. The van der Waals surface area contributed by atoms with Crippen molar-refractivity contribution in [2.45, 2.75) is 44.7 Å². The average Bonchev–Trinajstić information content (AvgIpc) is 2.36. The van der Waals surface area contributed by atoms with E-state index in [1.807, 2.05) is 11.8 Å². The number of piperidine rings is 1. The van der Waals surface area contributed by atoms with Gasteiger partial charge in [0.2, 0.25) is 5.91 Å². The Labute approximate surface area is 97.8 Å². The Kier molecular flexibility index (Phi) is 3.82. The van der Waals surface area contributed by atoms with Crippen molar-refractivity contribution in [2.75, 3.05) is 26.2 Å². The maximum Gasteiger partial charge on any atom is 0.239 e. The van der Waals surface area contributed by atoms with Gasteiger partial charge in [-0.1, -0.05) is 13.3 Å². The van der Waals surface area contributed by atoms with E-state index in [0.29, 0.717) is 6.04 Å². The molecule has 0 aliphatic carbocycles. The van der Waals surface area contributed by atoms with Crippen molar-refractivity contribution >= 4 is 5.91 Å². The third-order valence-corrected chi connectivity index (χ3v) is 3.91. The van der Waals surface area contributed by atoms with E-state index in [4.69, 9.17) is 5.73 Å². The first kappa shape index (κ1) is 11.9. The maximum absolute atomic E-state index is 12.0. The number of rotatable bonds is 2. The van der Waals surface area contributed by atoms with Crippen LogP contribution in [-0.2, 0) is 4.79 Å². The third kappa shape index (κ3) is 2.38. The molecule has 0 aromatic heterocycles. The molecule has 2 aliphatic heterocycles. The average molecular weight is 225 g/mol. The highest BCUT2D eigenvalue weighted by Crippen LogP contribution is 2.21. The van der Waals surface area contributed by atoms with Gasteiger partial charge >= 0.3 is 0 Å². The molecule has 0 aromatic rings. The number of nitrogens with two attached hydrogens (primary N) is 1. The molecule has 2 saturated heterocycles. The molecule has 2 N–H and O–H groups in total. The highest BCUT2D eigenvalue weighted by atomic mass is 16.2. The van der Waals surface area contributed by atoms with E-state index < -0.39 is 0 Å². The van der Waals surface area contributed by atoms with Crippen LogP contribution in [0.4, 0.5) is 0 Å². The zero-order valence-electron chi connectivity index (χ0n) is 10.2. The summed E-state index contributed by atoms with van der Waals surface area (Å²) in [6.07, 6.45) is 4.61. The second kappa shape index (κ2) is 5.15. The minimum absolute atomic E-state index is 0.146. The van der Waals surface area contributed by atoms with Gasteiger partial charge in [0.1, 0.15) is 0 Å². The zero-order chi connectivity index (χ0) is 11.5. The number of fused-ring (bicyclic) bond motifs is 1. The van der Waals surface area contributed by atoms with Gasteiger partial charge in [-0.25, -0.2) is 0 Å². The molecule has 0 spiro atoms. The lowest BCUT2D eigenvalue weighted by Crippen LogP contribution is -2.58. The summed E-state index contributed by atoms with van der Waals surface area (Å²) in [7, 11) is 0. The van der Waals surface area contributed by atoms with E-state index in [1.54, 1.807) is 0 Å². The van der Waals surface area contributed by atoms with E-state index in [1.165, 1.54) is 25.8 Å². The van der Waals surface area contributed by atoms with Gasteiger partial charge in [-0.15, -0.1) is 0 Å². The molecule has 0 radical (unpaired) electrons. The van der Waals surface area contributed by atoms with Gasteiger partial charge in [0.25, 0.3) is 0 Å². The molecular weight excluding hydrogens is 202 g/mol. The van der Waals surface area contributed by atoms with Crippen LogP contribution in [0.15, 0.2) is 0 Å². The Hall–Kier alpha value is -0.610. The second-order valence-corrected chi connectivity index (χ2v) is 4.98. The van der Waals surface area contributed by atoms with Crippen LogP contribution in [0, 0.1) is 0 Å². The maximum atomic E-state index is 12.0. The van der Waals surface area contributed by atoms with Crippen LogP contribution in [0.5, 0.6) is 0 Å². The lowest BCUT2D eigenvalue weighted by molar-refractivity contribution is -0.136. The minimum atomic E-state index is -0.296. The van der Waals surface area contributed by atoms with Crippen molar-refractivity contribution in [2.24, 2.45) is 5.73 Å². The first-order valence-corrected chi connectivity index (χ1v) is 6.50. The summed E-state index contributed by atoms with van der Waals surface area (Å²) in [6.45, 7) is 5.98. The quantitative estimate of drug-likeness (QED) is 0.741. The smallest absolute Gasteiger partial charge is 0.239 e. The highest BCUT2D eigenvalue weighted by Gasteiger charge is 2.32. The van der Waals surface area contributed by atoms with Crippen molar-refractivity contribution < 1.29 is 4.79 Å². The topological polar surface area (TPSA) is 49.6 Å². The van der Waals surface area contributed by atoms with Gasteiger partial charge in [0.15, 0.2) is 0 Å². The number of hydrogen-bond acceptors (Lipinski definition) is 3. The Morgan fingerprint density at radius 2 is 2.19 bits per heavy atom. The van der Waals surface area contributed by atoms with Crippen LogP contribution in [-0.4, -0.2) is 54.0 Å². The van der Waals surface area contributed by atoms with Crippen LogP contribution < -0.4 is 5.73 Å². The number of carbonyl (C=O) groups is 1. The van der Waals surface area contributed by atoms with E-state index in [2.05, 4.69) is 4.90 Å². The summed E-state index contributed by atoms with van der Waals surface area (Å²) in [6, 6.07) is 0.297. The van der Waals surface area contributed by atoms with E-state index in [-0.39, 0.29) is 11.9 Å². The zero-order valence-corrected chi connectivity index (χ0v) is 10.2. The molecule has 92 valence electrons. The molecule has 0 aromatic carbocycles. The Morgan fingerprint density at radius 1 is 1.38 bits per heavy atom. The molecule has 0 bridgehead atoms. The lowest BCUT2D eigenvalue weighted by Gasteiger charge is -2.44. The number of piperazine rings is 1. The molecule has 1 unspecified atom stereocenters. The number of nitrogens with zero attached hydrogens (tertiary/aromatic N) is 2. The van der Waals surface area contributed by atoms with Crippen molar-refractivity contribution in [3.8, 4) is 0 Å². The predicted molar refractivity (Wildman–Crippen MR) is 64.1 cm³/mol. The van der Waals surface area contributed by atoms with Gasteiger partial charge < -0.3 is 10.6 Å². The fourth-order valence-corrected chi connectivity index (χ4v) is 2.77. The second-order valence-electron chi connectivity index (χ2n) is 4.98. The summed E-state index contributed by atoms with van der Waals surface area (Å²) < 4.78 is 0. The van der Waals surface area contributed by atoms with Crippen molar-refractivity contribution in [3.63, 3.8) is 0 Å². The molecule has 1 amide bonds. The first-order chi connectivity index (χ1) is 7.72. The van der Waals surface area contributed by atoms with Crippen LogP contribution in [0.2, 0.25) is 0 Å². The van der Waals surface area contributed by atoms with Crippen molar-refractivity contribution in [1.82, 2.24) is 9.80 Å². The molecule has 4 nitrogen and oxygen atoms in total. The Balaban J connectivity index is 1.92. The third-order valence-electron chi connectivity index (χ3n) is 3.91. The highest BCUT2D eigenvalue weighted by molar-refractivity contribution is 5.81. The molecule has 4 heteroatoms. The van der Waals surface area contributed by atoms with Gasteiger partial charge in [0, 0.05) is 25.7 Å². The van der Waals surface area contributed by atoms with Crippen LogP contribution in [0.1, 0.15) is 32.6 Å². The molecule has 2 fully saturated rings. The minimum Gasteiger partial charge on any atom is -0.338 e. The Morgan fingerprint density at radius 3 is 2.94 bits per heavy atom. The van der Waals surface area contributed by atoms with Gasteiger partial charge in [0.05, 0.1) is 6.04 Å². The predicted octanol–water partition coefficient (Wildman–Crippen LogP) is 0.420. The van der Waals surface area contributed by atoms with Gasteiger partial charge in [-0.05, 0) is 25.8 Å². The molecule has 2 heterocycles. The standard InChI is InChI=1S/C12H23N3O/c1-2-11(13)12(16)15-8-7-14-6-4-3-5-10(14)9-15/h10-11H,2-9,13H2,1H3/t10?,11-/m1/s1. The van der Waals surface area contributed by atoms with E-state index >= 15 is 0 Å². The fourth-order valence-electron chi connectivity index (χ4n) is 2.77. The van der Waals surface area contributed by atoms with Crippen LogP contribution in [0.3, 0.4) is 0 Å². The monoisotopic (exact) mass is 225 g/mol. The Bertz CT molecular complexity index is 257. The normalized spacial score (nSPS) is 28.6. The van der Waals surface area contributed by atoms with Crippen LogP contribution in [0.25, 0.3) is 0 Å². The van der Waals surface area contributed by atoms with E-state index in [9.17, 15) is 4.79 Å². The summed E-state index contributed by atoms with van der Waals surface area (Å²) in [5.41, 5.74) is 5.81. The van der Waals surface area contributed by atoms with Gasteiger partial charge in [-0.3, -0.25) is 9.69 Å². The van der Waals surface area contributed by atoms with Crippen LogP contribution >= 0.6 is 0 Å². The molecule has 2 rings (SSSR count). The number of amides is 1. The molecule has 0 saturated carbocycles. The molecule has 16 heavy (non-hydrogen) atoms. The lowest BCUT2D eigenvalue weighted by atomic mass is 9.99. The van der Waals surface area contributed by atoms with Gasteiger partial charge in [-0.2, -0.15) is 0 Å². The SMILES string of the molecule is CC[C@@H](N)C(=O)N1CCN2CCCCC2C1. The van der Waals surface area contributed by atoms with Crippen molar-refractivity contribution in [3.05, 3.63) is 0 Å². The summed E-state index contributed by atoms with van der Waals surface area (Å²) in [5.74, 6) is 0.146. The fraction of sp³-hybridized carbons (Fsp3) is 0.917. The first-order valence-electron chi connectivity index (χ1n) is 6.50. The largest absolute Gasteiger partial charge is 0.338 e. The molecule has 2 aliphatic rings. The molecule has 2 atom stereocenters.